The Bertz CT molecular complexity index is 5360. The summed E-state index contributed by atoms with van der Waals surface area (Å²) in [6, 6.07) is 52.8. The van der Waals surface area contributed by atoms with Gasteiger partial charge < -0.3 is 91.5 Å². The minimum Gasteiger partial charge on any atom is -0.508 e. The number of hydrogen-bond donors (Lipinski definition) is 17. The number of aromatic hydroxyl groups is 17. The van der Waals surface area contributed by atoms with Gasteiger partial charge in [0.2, 0.25) is 0 Å². The number of benzene rings is 12. The molecule has 0 spiro atoms. The zero-order valence-electron chi connectivity index (χ0n) is 53.6. The molecule has 17 rings (SSSR count). The molecule has 0 amide bonds. The van der Waals surface area contributed by atoms with Crippen LogP contribution >= 0.6 is 0 Å². The first-order chi connectivity index (χ1) is 49.1. The Labute approximate surface area is 581 Å². The van der Waals surface area contributed by atoms with Crippen molar-refractivity contribution < 1.29 is 91.5 Å². The zero-order valence-corrected chi connectivity index (χ0v) is 53.6. The number of fused-ring (bicyclic) bond motifs is 3. The van der Waals surface area contributed by atoms with Gasteiger partial charge in [-0.15, -0.1) is 0 Å². The van der Waals surface area contributed by atoms with Crippen LogP contribution in [-0.2, 0) is 0 Å². The molecule has 12 unspecified atom stereocenters. The van der Waals surface area contributed by atoms with Crippen molar-refractivity contribution in [3.05, 3.63) is 318 Å². The van der Waals surface area contributed by atoms with E-state index in [0.717, 1.165) is 18.2 Å². The van der Waals surface area contributed by atoms with Crippen LogP contribution in [0.3, 0.4) is 0 Å². The van der Waals surface area contributed by atoms with E-state index in [2.05, 4.69) is 0 Å². The summed E-state index contributed by atoms with van der Waals surface area (Å²) in [6.45, 7) is 0. The van der Waals surface area contributed by atoms with Crippen molar-refractivity contribution in [1.29, 1.82) is 0 Å². The van der Waals surface area contributed by atoms with E-state index in [1.54, 1.807) is 78.9 Å². The summed E-state index contributed by atoms with van der Waals surface area (Å²) in [5.41, 5.74) is 6.62. The standard InChI is InChI=1S/C84H64O18/c85-44-13-1-36(2-14-44)64-69(42-25-50(91)29-51(92)26-42)76-60(99)34-61(100)78-73(54-30-52(93)32-58(97)71(54)66(80(64)82(76)78)38-5-17-46(87)18-6-38)68(40-9-21-48(89)22-10-40)75-56(95)27-43(28-57(75)96)70-65(37-3-15-45(86)16-4-37)81-67(39-7-19-47(88)20-8-39)72-55(31-53(94)33-59(72)98)74-79-63(35-62(101)77(70)83(79)81)102-84(74)41-11-23-49(90)24-12-41/h1-35,64-70,73-74,80-81,84-101H. The van der Waals surface area contributed by atoms with E-state index < -0.39 is 106 Å². The third kappa shape index (κ3) is 9.60. The van der Waals surface area contributed by atoms with E-state index in [1.807, 2.05) is 0 Å². The Kier molecular flexibility index (Phi) is 14.1. The zero-order chi connectivity index (χ0) is 70.7. The third-order valence-electron chi connectivity index (χ3n) is 22.1. The quantitative estimate of drug-likeness (QED) is 0.0605. The van der Waals surface area contributed by atoms with Crippen molar-refractivity contribution >= 4 is 0 Å². The molecule has 0 saturated heterocycles. The molecule has 0 fully saturated rings. The molecule has 508 valence electrons. The molecule has 0 saturated carbocycles. The Morgan fingerprint density at radius 1 is 0.225 bits per heavy atom. The molecule has 1 aliphatic heterocycles. The predicted molar refractivity (Wildman–Crippen MR) is 373 cm³/mol. The lowest BCUT2D eigenvalue weighted by Gasteiger charge is -2.35. The minimum absolute atomic E-state index is 0.0157. The summed E-state index contributed by atoms with van der Waals surface area (Å²) in [4.78, 5) is 0. The van der Waals surface area contributed by atoms with Crippen LogP contribution in [0.4, 0.5) is 0 Å². The molecule has 5 aliphatic rings. The van der Waals surface area contributed by atoms with E-state index in [9.17, 15) is 86.8 Å². The van der Waals surface area contributed by atoms with Crippen LogP contribution < -0.4 is 4.74 Å². The first kappa shape index (κ1) is 62.6. The molecule has 12 aromatic rings. The number of rotatable bonds is 10. The van der Waals surface area contributed by atoms with Gasteiger partial charge in [-0.1, -0.05) is 72.8 Å². The molecular formula is C84H64O18. The summed E-state index contributed by atoms with van der Waals surface area (Å²) in [6.07, 6.45) is -0.899. The van der Waals surface area contributed by atoms with Crippen molar-refractivity contribution in [2.45, 2.75) is 71.2 Å². The summed E-state index contributed by atoms with van der Waals surface area (Å²) >= 11 is 0. The molecule has 18 heteroatoms. The third-order valence-corrected chi connectivity index (χ3v) is 22.1. The Morgan fingerprint density at radius 2 is 0.578 bits per heavy atom. The van der Waals surface area contributed by atoms with Crippen LogP contribution in [0.2, 0.25) is 0 Å². The Morgan fingerprint density at radius 3 is 1.05 bits per heavy atom. The molecule has 0 radical (unpaired) electrons. The van der Waals surface area contributed by atoms with Crippen LogP contribution in [0.15, 0.2) is 212 Å². The van der Waals surface area contributed by atoms with Gasteiger partial charge in [-0.05, 0) is 176 Å². The SMILES string of the molecule is Oc1ccc(C2Oc3cc(O)c4c5c3C2c2cc(O)cc(O)c2C(c2ccc(O)cc2)C5C(c2ccc(O)cc2)C4c2cc(O)c(C(c3ccc(O)cc3)C3c4cc(O)cc(O)c4C(c4ccc(O)cc4)C4c5c3c(O)cc(O)c5C(c3cc(O)cc(O)c3)C4c3ccc(O)cc3)c(O)c2)cc1. The molecule has 102 heavy (non-hydrogen) atoms. The van der Waals surface area contributed by atoms with E-state index in [1.165, 1.54) is 115 Å². The maximum absolute atomic E-state index is 13.7. The maximum atomic E-state index is 13.7. The average Bonchev–Trinajstić information content (AvgIpc) is 1.52. The van der Waals surface area contributed by atoms with Gasteiger partial charge in [-0.25, -0.2) is 0 Å². The number of hydrogen-bond acceptors (Lipinski definition) is 18. The van der Waals surface area contributed by atoms with Crippen molar-refractivity contribution in [2.24, 2.45) is 0 Å². The van der Waals surface area contributed by atoms with E-state index in [0.29, 0.717) is 61.2 Å². The van der Waals surface area contributed by atoms with Gasteiger partial charge in [-0.2, -0.15) is 0 Å². The van der Waals surface area contributed by atoms with Gasteiger partial charge in [-0.3, -0.25) is 0 Å². The second-order valence-corrected chi connectivity index (χ2v) is 27.5. The van der Waals surface area contributed by atoms with E-state index >= 15 is 0 Å². The van der Waals surface area contributed by atoms with Gasteiger partial charge in [0.05, 0.1) is 5.92 Å². The number of phenolic OH excluding ortho intramolecular Hbond substituents is 17. The molecule has 18 nitrogen and oxygen atoms in total. The van der Waals surface area contributed by atoms with Crippen molar-refractivity contribution in [2.75, 3.05) is 0 Å². The first-order valence-electron chi connectivity index (χ1n) is 33.2. The lowest BCUT2D eigenvalue weighted by Crippen LogP contribution is -2.21. The van der Waals surface area contributed by atoms with Crippen LogP contribution in [0, 0.1) is 0 Å². The Balaban J connectivity index is 0.949. The van der Waals surface area contributed by atoms with Crippen molar-refractivity contribution in [3.8, 4) is 103 Å². The van der Waals surface area contributed by atoms with Gasteiger partial charge >= 0.3 is 0 Å². The second-order valence-electron chi connectivity index (χ2n) is 27.5. The fourth-order valence-electron chi connectivity index (χ4n) is 18.5. The second kappa shape index (κ2) is 23.1. The average molecular weight is 1360 g/mol. The van der Waals surface area contributed by atoms with Crippen molar-refractivity contribution in [3.63, 3.8) is 0 Å². The van der Waals surface area contributed by atoms with Crippen LogP contribution in [0.1, 0.15) is 177 Å². The summed E-state index contributed by atoms with van der Waals surface area (Å²) in [5.74, 6) is -16.1. The molecule has 0 aromatic heterocycles. The van der Waals surface area contributed by atoms with Gasteiger partial charge in [0.1, 0.15) is 110 Å². The van der Waals surface area contributed by atoms with Crippen molar-refractivity contribution in [1.82, 2.24) is 0 Å². The molecule has 17 N–H and O–H groups in total. The molecule has 1 heterocycles. The van der Waals surface area contributed by atoms with E-state index in [4.69, 9.17) is 4.74 Å². The Hall–Kier alpha value is -13.0. The highest BCUT2D eigenvalue weighted by Crippen LogP contribution is 2.73. The molecular weight excluding hydrogens is 1300 g/mol. The van der Waals surface area contributed by atoms with Crippen LogP contribution in [0.5, 0.6) is 103 Å². The highest BCUT2D eigenvalue weighted by atomic mass is 16.5. The monoisotopic (exact) mass is 1360 g/mol. The summed E-state index contributed by atoms with van der Waals surface area (Å²) in [7, 11) is 0. The predicted octanol–water partition coefficient (Wildman–Crippen LogP) is 15.2. The maximum Gasteiger partial charge on any atom is 0.135 e. The fourth-order valence-corrected chi connectivity index (χ4v) is 18.5. The first-order valence-corrected chi connectivity index (χ1v) is 33.2. The van der Waals surface area contributed by atoms with Gasteiger partial charge in [0.25, 0.3) is 0 Å². The largest absolute Gasteiger partial charge is 0.508 e. The number of phenols is 17. The van der Waals surface area contributed by atoms with E-state index in [-0.39, 0.29) is 114 Å². The molecule has 12 atom stereocenters. The van der Waals surface area contributed by atoms with Gasteiger partial charge in [0, 0.05) is 128 Å². The molecule has 4 aliphatic carbocycles. The normalized spacial score (nSPS) is 21.9. The van der Waals surface area contributed by atoms with Crippen LogP contribution in [-0.4, -0.2) is 86.8 Å². The lowest BCUT2D eigenvalue weighted by atomic mass is 9.68. The topological polar surface area (TPSA) is 353 Å². The smallest absolute Gasteiger partial charge is 0.135 e. The highest BCUT2D eigenvalue weighted by Gasteiger charge is 2.58. The minimum atomic E-state index is -1.46. The van der Waals surface area contributed by atoms with Crippen LogP contribution in [0.25, 0.3) is 0 Å². The summed E-state index contributed by atoms with van der Waals surface area (Å²) in [5, 5.41) is 204. The fraction of sp³-hybridized carbons (Fsp3) is 0.143. The molecule has 0 bridgehead atoms. The number of ether oxygens (including phenoxy) is 1. The van der Waals surface area contributed by atoms with Gasteiger partial charge in [0.15, 0.2) is 0 Å². The lowest BCUT2D eigenvalue weighted by molar-refractivity contribution is 0.221. The summed E-state index contributed by atoms with van der Waals surface area (Å²) < 4.78 is 6.95. The molecule has 12 aromatic carbocycles. The highest BCUT2D eigenvalue weighted by molar-refractivity contribution is 5.76.